The normalized spacial score (nSPS) is 10.7. The minimum absolute atomic E-state index is 0.0962. The molecule has 7 nitrogen and oxygen atoms in total. The predicted octanol–water partition coefficient (Wildman–Crippen LogP) is 0.324. The Morgan fingerprint density at radius 3 is 2.61 bits per heavy atom. The van der Waals surface area contributed by atoms with Crippen LogP contribution in [-0.4, -0.2) is 44.5 Å². The Kier molecular flexibility index (Phi) is 5.14. The zero-order valence-electron chi connectivity index (χ0n) is 10.5. The van der Waals surface area contributed by atoms with E-state index in [-0.39, 0.29) is 24.1 Å². The zero-order valence-corrected chi connectivity index (χ0v) is 11.3. The number of thioether (sulfide) groups is 1. The molecule has 0 spiro atoms. The van der Waals surface area contributed by atoms with Crippen molar-refractivity contribution >= 4 is 23.6 Å². The number of aromatic nitrogens is 3. The second kappa shape index (κ2) is 6.39. The second-order valence-corrected chi connectivity index (χ2v) is 4.88. The maximum atomic E-state index is 11.4. The summed E-state index contributed by atoms with van der Waals surface area (Å²) >= 11 is 1.06. The fourth-order valence-electron chi connectivity index (χ4n) is 1.33. The lowest BCUT2D eigenvalue weighted by molar-refractivity contribution is -0.133. The summed E-state index contributed by atoms with van der Waals surface area (Å²) in [5.74, 6) is -0.424. The summed E-state index contributed by atoms with van der Waals surface area (Å²) in [6, 6.07) is 0. The quantitative estimate of drug-likeness (QED) is 0.724. The number of nitrogens with one attached hydrogen (secondary N) is 1. The van der Waals surface area contributed by atoms with Crippen LogP contribution in [-0.2, 0) is 16.1 Å². The highest BCUT2D eigenvalue weighted by Gasteiger charge is 2.17. The van der Waals surface area contributed by atoms with Crippen LogP contribution in [0.25, 0.3) is 0 Å². The summed E-state index contributed by atoms with van der Waals surface area (Å²) < 4.78 is 1.65. The molecule has 2 N–H and O–H groups in total. The number of hydrogen-bond acceptors (Lipinski definition) is 5. The SMILES string of the molecule is CNC(=O)Cn1c(SCC(=O)O)nnc1C(C)C. The molecule has 1 amide bonds. The van der Waals surface area contributed by atoms with E-state index in [1.165, 1.54) is 0 Å². The predicted molar refractivity (Wildman–Crippen MR) is 66.5 cm³/mol. The second-order valence-electron chi connectivity index (χ2n) is 3.94. The molecule has 100 valence electrons. The van der Waals surface area contributed by atoms with Crippen LogP contribution in [0.5, 0.6) is 0 Å². The van der Waals surface area contributed by atoms with Crippen LogP contribution in [0, 0.1) is 0 Å². The molecule has 0 unspecified atom stereocenters. The Balaban J connectivity index is 2.95. The molecule has 0 atom stereocenters. The summed E-state index contributed by atoms with van der Waals surface area (Å²) in [6.45, 7) is 3.98. The number of carboxylic acids is 1. The molecule has 0 aliphatic carbocycles. The van der Waals surface area contributed by atoms with E-state index < -0.39 is 5.97 Å². The van der Waals surface area contributed by atoms with Crippen molar-refractivity contribution in [2.24, 2.45) is 0 Å². The van der Waals surface area contributed by atoms with Crippen molar-refractivity contribution in [3.63, 3.8) is 0 Å². The van der Waals surface area contributed by atoms with E-state index in [1.54, 1.807) is 11.6 Å². The summed E-state index contributed by atoms with van der Waals surface area (Å²) in [5, 5.41) is 19.6. The van der Waals surface area contributed by atoms with Crippen LogP contribution in [0.4, 0.5) is 0 Å². The minimum Gasteiger partial charge on any atom is -0.481 e. The molecule has 0 saturated heterocycles. The number of nitrogens with zero attached hydrogens (tertiary/aromatic N) is 3. The monoisotopic (exact) mass is 272 g/mol. The van der Waals surface area contributed by atoms with Crippen molar-refractivity contribution in [3.8, 4) is 0 Å². The zero-order chi connectivity index (χ0) is 13.7. The Hall–Kier alpha value is -1.57. The van der Waals surface area contributed by atoms with Crippen molar-refractivity contribution in [2.75, 3.05) is 12.8 Å². The van der Waals surface area contributed by atoms with E-state index in [1.807, 2.05) is 13.8 Å². The number of aliphatic carboxylic acids is 1. The van der Waals surface area contributed by atoms with Crippen LogP contribution in [0.2, 0.25) is 0 Å². The lowest BCUT2D eigenvalue weighted by Crippen LogP contribution is -2.25. The summed E-state index contributed by atoms with van der Waals surface area (Å²) in [4.78, 5) is 22.0. The lowest BCUT2D eigenvalue weighted by atomic mass is 10.2. The van der Waals surface area contributed by atoms with E-state index in [0.29, 0.717) is 11.0 Å². The van der Waals surface area contributed by atoms with Gasteiger partial charge in [0.25, 0.3) is 0 Å². The number of likely N-dealkylation sites (N-methyl/N-ethyl adjacent to an activating group) is 1. The minimum atomic E-state index is -0.930. The highest BCUT2D eigenvalue weighted by molar-refractivity contribution is 7.99. The number of rotatable bonds is 6. The third kappa shape index (κ3) is 3.73. The molecular weight excluding hydrogens is 256 g/mol. The van der Waals surface area contributed by atoms with Crippen LogP contribution in [0.3, 0.4) is 0 Å². The number of carbonyl (C=O) groups is 2. The molecule has 0 bridgehead atoms. The van der Waals surface area contributed by atoms with Gasteiger partial charge in [-0.25, -0.2) is 0 Å². The van der Waals surface area contributed by atoms with Crippen LogP contribution >= 0.6 is 11.8 Å². The van der Waals surface area contributed by atoms with E-state index in [4.69, 9.17) is 5.11 Å². The van der Waals surface area contributed by atoms with Gasteiger partial charge in [0.15, 0.2) is 5.16 Å². The molecule has 0 aliphatic heterocycles. The van der Waals surface area contributed by atoms with Gasteiger partial charge in [0.2, 0.25) is 5.91 Å². The van der Waals surface area contributed by atoms with E-state index in [0.717, 1.165) is 11.8 Å². The Labute approximate surface area is 109 Å². The molecule has 0 fully saturated rings. The van der Waals surface area contributed by atoms with Crippen molar-refractivity contribution in [2.45, 2.75) is 31.5 Å². The molecular formula is C10H16N4O3S. The third-order valence-corrected chi connectivity index (χ3v) is 3.12. The molecule has 1 aromatic rings. The van der Waals surface area contributed by atoms with E-state index >= 15 is 0 Å². The smallest absolute Gasteiger partial charge is 0.313 e. The molecule has 18 heavy (non-hydrogen) atoms. The fraction of sp³-hybridized carbons (Fsp3) is 0.600. The van der Waals surface area contributed by atoms with Crippen molar-refractivity contribution in [3.05, 3.63) is 5.82 Å². The van der Waals surface area contributed by atoms with E-state index in [9.17, 15) is 9.59 Å². The first-order valence-electron chi connectivity index (χ1n) is 5.44. The highest BCUT2D eigenvalue weighted by Crippen LogP contribution is 2.21. The molecule has 0 aromatic carbocycles. The van der Waals surface area contributed by atoms with Gasteiger partial charge in [0, 0.05) is 13.0 Å². The Morgan fingerprint density at radius 2 is 2.11 bits per heavy atom. The van der Waals surface area contributed by atoms with Crippen molar-refractivity contribution < 1.29 is 14.7 Å². The average Bonchev–Trinajstić information content (AvgIpc) is 2.69. The van der Waals surface area contributed by atoms with Crippen LogP contribution in [0.15, 0.2) is 5.16 Å². The van der Waals surface area contributed by atoms with Gasteiger partial charge < -0.3 is 10.4 Å². The lowest BCUT2D eigenvalue weighted by Gasteiger charge is -2.10. The highest BCUT2D eigenvalue weighted by atomic mass is 32.2. The van der Waals surface area contributed by atoms with Gasteiger partial charge in [-0.05, 0) is 0 Å². The number of carbonyl (C=O) groups excluding carboxylic acids is 1. The summed E-state index contributed by atoms with van der Waals surface area (Å²) in [6.07, 6.45) is 0. The van der Waals surface area contributed by atoms with Gasteiger partial charge in [-0.2, -0.15) is 0 Å². The first kappa shape index (κ1) is 14.5. The van der Waals surface area contributed by atoms with Gasteiger partial charge >= 0.3 is 5.97 Å². The summed E-state index contributed by atoms with van der Waals surface area (Å²) in [5.41, 5.74) is 0. The average molecular weight is 272 g/mol. The molecule has 1 rings (SSSR count). The first-order valence-corrected chi connectivity index (χ1v) is 6.42. The molecule has 0 radical (unpaired) electrons. The van der Waals surface area contributed by atoms with Crippen LogP contribution < -0.4 is 5.32 Å². The molecule has 1 heterocycles. The Bertz CT molecular complexity index is 444. The first-order chi connectivity index (χ1) is 8.45. The maximum Gasteiger partial charge on any atom is 0.313 e. The third-order valence-electron chi connectivity index (χ3n) is 2.17. The van der Waals surface area contributed by atoms with Gasteiger partial charge in [0.1, 0.15) is 12.4 Å². The van der Waals surface area contributed by atoms with Crippen molar-refractivity contribution in [1.82, 2.24) is 20.1 Å². The van der Waals surface area contributed by atoms with Gasteiger partial charge in [-0.1, -0.05) is 25.6 Å². The van der Waals surface area contributed by atoms with Gasteiger partial charge in [-0.3, -0.25) is 14.2 Å². The van der Waals surface area contributed by atoms with Crippen LogP contribution in [0.1, 0.15) is 25.6 Å². The maximum absolute atomic E-state index is 11.4. The Morgan fingerprint density at radius 1 is 1.44 bits per heavy atom. The largest absolute Gasteiger partial charge is 0.481 e. The molecule has 0 aliphatic rings. The van der Waals surface area contributed by atoms with E-state index in [2.05, 4.69) is 15.5 Å². The topological polar surface area (TPSA) is 97.1 Å². The number of carboxylic acid groups (broad SMARTS) is 1. The molecule has 8 heteroatoms. The summed E-state index contributed by atoms with van der Waals surface area (Å²) in [7, 11) is 1.55. The standard InChI is InChI=1S/C10H16N4O3S/c1-6(2)9-12-13-10(18-5-8(16)17)14(9)4-7(15)11-3/h6H,4-5H2,1-3H3,(H,11,15)(H,16,17). The number of hydrogen-bond donors (Lipinski definition) is 2. The van der Waals surface area contributed by atoms with Crippen molar-refractivity contribution in [1.29, 1.82) is 0 Å². The van der Waals surface area contributed by atoms with Gasteiger partial charge in [0.05, 0.1) is 5.75 Å². The fourth-order valence-corrected chi connectivity index (χ4v) is 2.00. The van der Waals surface area contributed by atoms with Gasteiger partial charge in [-0.15, -0.1) is 10.2 Å². The molecule has 0 saturated carbocycles. The molecule has 1 aromatic heterocycles. The number of amides is 1.